The summed E-state index contributed by atoms with van der Waals surface area (Å²) < 4.78 is 4.54. The molecule has 1 saturated heterocycles. The van der Waals surface area contributed by atoms with E-state index < -0.39 is 5.97 Å². The largest absolute Gasteiger partial charge is 0.464 e. The van der Waals surface area contributed by atoms with Crippen molar-refractivity contribution in [2.45, 2.75) is 12.5 Å². The van der Waals surface area contributed by atoms with Gasteiger partial charge in [-0.05, 0) is 0 Å². The number of nitrogens with two attached hydrogens (primary N) is 1. The van der Waals surface area contributed by atoms with E-state index >= 15 is 0 Å². The van der Waals surface area contributed by atoms with Gasteiger partial charge in [0.15, 0.2) is 10.8 Å². The van der Waals surface area contributed by atoms with E-state index in [-0.39, 0.29) is 17.6 Å². The summed E-state index contributed by atoms with van der Waals surface area (Å²) in [6, 6.07) is -0.155. The van der Waals surface area contributed by atoms with E-state index in [0.717, 1.165) is 0 Å². The van der Waals surface area contributed by atoms with Crippen LogP contribution in [-0.2, 0) is 9.53 Å². The molecular formula is C9H11N3O3S. The number of aromatic nitrogens is 1. The molecule has 0 spiro atoms. The molecule has 0 saturated carbocycles. The van der Waals surface area contributed by atoms with Crippen molar-refractivity contribution in [3.8, 4) is 0 Å². The maximum atomic E-state index is 11.5. The number of carbonyl (C=O) groups is 2. The zero-order valence-corrected chi connectivity index (χ0v) is 9.49. The van der Waals surface area contributed by atoms with Gasteiger partial charge < -0.3 is 10.5 Å². The third-order valence-electron chi connectivity index (χ3n) is 2.27. The Morgan fingerprint density at radius 2 is 2.50 bits per heavy atom. The van der Waals surface area contributed by atoms with Gasteiger partial charge in [0.05, 0.1) is 7.11 Å². The van der Waals surface area contributed by atoms with Crippen LogP contribution < -0.4 is 10.6 Å². The average molecular weight is 241 g/mol. The maximum absolute atomic E-state index is 11.5. The van der Waals surface area contributed by atoms with Gasteiger partial charge in [0, 0.05) is 24.4 Å². The van der Waals surface area contributed by atoms with Crippen molar-refractivity contribution in [2.75, 3.05) is 18.6 Å². The maximum Gasteiger partial charge on any atom is 0.357 e. The lowest BCUT2D eigenvalue weighted by Gasteiger charge is -2.10. The fourth-order valence-electron chi connectivity index (χ4n) is 1.51. The molecule has 1 fully saturated rings. The first-order chi connectivity index (χ1) is 7.61. The molecule has 1 aliphatic heterocycles. The molecule has 86 valence electrons. The van der Waals surface area contributed by atoms with Crippen molar-refractivity contribution in [3.05, 3.63) is 11.1 Å². The summed E-state index contributed by atoms with van der Waals surface area (Å²) in [5.74, 6) is -0.559. The van der Waals surface area contributed by atoms with Gasteiger partial charge in [0.1, 0.15) is 0 Å². The molecule has 1 aromatic rings. The van der Waals surface area contributed by atoms with Gasteiger partial charge in [-0.15, -0.1) is 11.3 Å². The number of amides is 1. The van der Waals surface area contributed by atoms with E-state index in [1.807, 2.05) is 0 Å². The Morgan fingerprint density at radius 1 is 1.75 bits per heavy atom. The third-order valence-corrected chi connectivity index (χ3v) is 3.14. The molecule has 1 amide bonds. The van der Waals surface area contributed by atoms with Crippen LogP contribution >= 0.6 is 11.3 Å². The van der Waals surface area contributed by atoms with E-state index in [1.54, 1.807) is 5.38 Å². The Morgan fingerprint density at radius 3 is 3.06 bits per heavy atom. The fourth-order valence-corrected chi connectivity index (χ4v) is 2.33. The van der Waals surface area contributed by atoms with Crippen LogP contribution in [0.2, 0.25) is 0 Å². The highest BCUT2D eigenvalue weighted by Crippen LogP contribution is 2.25. The fraction of sp³-hybridized carbons (Fsp3) is 0.444. The molecule has 7 heteroatoms. The SMILES string of the molecule is COC(=O)c1csc(N2CC(N)CC2=O)n1. The van der Waals surface area contributed by atoms with Crippen molar-refractivity contribution in [1.82, 2.24) is 4.98 Å². The van der Waals surface area contributed by atoms with Crippen molar-refractivity contribution in [3.63, 3.8) is 0 Å². The molecule has 2 heterocycles. The molecular weight excluding hydrogens is 230 g/mol. The third kappa shape index (κ3) is 1.91. The Balaban J connectivity index is 2.19. The van der Waals surface area contributed by atoms with Crippen LogP contribution in [0.4, 0.5) is 5.13 Å². The van der Waals surface area contributed by atoms with Crippen LogP contribution in [-0.4, -0.2) is 36.6 Å². The molecule has 0 bridgehead atoms. The summed E-state index contributed by atoms with van der Waals surface area (Å²) in [4.78, 5) is 28.3. The molecule has 2 rings (SSSR count). The average Bonchev–Trinajstić information content (AvgIpc) is 2.83. The minimum Gasteiger partial charge on any atom is -0.464 e. The van der Waals surface area contributed by atoms with Gasteiger partial charge in [-0.3, -0.25) is 9.69 Å². The Hall–Kier alpha value is -1.47. The Bertz CT molecular complexity index is 431. The molecule has 1 atom stereocenters. The van der Waals surface area contributed by atoms with Crippen LogP contribution in [0.5, 0.6) is 0 Å². The lowest BCUT2D eigenvalue weighted by Crippen LogP contribution is -2.27. The van der Waals surface area contributed by atoms with E-state index in [4.69, 9.17) is 5.73 Å². The highest BCUT2D eigenvalue weighted by molar-refractivity contribution is 7.14. The van der Waals surface area contributed by atoms with Crippen LogP contribution in [0.3, 0.4) is 0 Å². The second-order valence-electron chi connectivity index (χ2n) is 3.48. The van der Waals surface area contributed by atoms with Gasteiger partial charge in [-0.25, -0.2) is 9.78 Å². The molecule has 0 aliphatic carbocycles. The first kappa shape index (κ1) is 11.0. The number of ether oxygens (including phenoxy) is 1. The van der Waals surface area contributed by atoms with Crippen molar-refractivity contribution >= 4 is 28.3 Å². The van der Waals surface area contributed by atoms with Crippen LogP contribution in [0.25, 0.3) is 0 Å². The number of hydrogen-bond acceptors (Lipinski definition) is 6. The van der Waals surface area contributed by atoms with Crippen LogP contribution in [0.1, 0.15) is 16.9 Å². The summed E-state index contributed by atoms with van der Waals surface area (Å²) in [5.41, 5.74) is 5.89. The van der Waals surface area contributed by atoms with E-state index in [1.165, 1.54) is 23.3 Å². The van der Waals surface area contributed by atoms with Gasteiger partial charge in [-0.1, -0.05) is 0 Å². The van der Waals surface area contributed by atoms with E-state index in [0.29, 0.717) is 18.1 Å². The second-order valence-corrected chi connectivity index (χ2v) is 4.31. The van der Waals surface area contributed by atoms with Crippen LogP contribution in [0.15, 0.2) is 5.38 Å². The summed E-state index contributed by atoms with van der Waals surface area (Å²) in [6.07, 6.45) is 0.327. The Kier molecular flexibility index (Phi) is 2.88. The number of rotatable bonds is 2. The lowest BCUT2D eigenvalue weighted by molar-refractivity contribution is -0.117. The molecule has 6 nitrogen and oxygen atoms in total. The smallest absolute Gasteiger partial charge is 0.357 e. The molecule has 0 aromatic carbocycles. The molecule has 16 heavy (non-hydrogen) atoms. The van der Waals surface area contributed by atoms with Gasteiger partial charge in [-0.2, -0.15) is 0 Å². The van der Waals surface area contributed by atoms with E-state index in [9.17, 15) is 9.59 Å². The van der Waals surface area contributed by atoms with E-state index in [2.05, 4.69) is 9.72 Å². The summed E-state index contributed by atoms with van der Waals surface area (Å²) in [7, 11) is 1.29. The normalized spacial score (nSPS) is 20.2. The minimum atomic E-state index is -0.501. The standard InChI is InChI=1S/C9H11N3O3S/c1-15-8(14)6-4-16-9(11-6)12-3-5(10)2-7(12)13/h4-5H,2-3,10H2,1H3. The molecule has 1 unspecified atom stereocenters. The number of methoxy groups -OCH3 is 1. The van der Waals surface area contributed by atoms with Gasteiger partial charge in [0.2, 0.25) is 5.91 Å². The summed E-state index contributed by atoms with van der Waals surface area (Å²) in [6.45, 7) is 0.451. The number of thiazole rings is 1. The predicted molar refractivity (Wildman–Crippen MR) is 58.4 cm³/mol. The molecule has 2 N–H and O–H groups in total. The number of hydrogen-bond donors (Lipinski definition) is 1. The predicted octanol–water partition coefficient (Wildman–Crippen LogP) is -0.00630. The Labute approximate surface area is 96.0 Å². The van der Waals surface area contributed by atoms with Crippen molar-refractivity contribution in [2.24, 2.45) is 5.73 Å². The quantitative estimate of drug-likeness (QED) is 0.736. The first-order valence-corrected chi connectivity index (χ1v) is 5.59. The number of nitrogens with zero attached hydrogens (tertiary/aromatic N) is 2. The highest BCUT2D eigenvalue weighted by atomic mass is 32.1. The zero-order valence-electron chi connectivity index (χ0n) is 8.67. The first-order valence-electron chi connectivity index (χ1n) is 4.71. The highest BCUT2D eigenvalue weighted by Gasteiger charge is 2.30. The van der Waals surface area contributed by atoms with Crippen LogP contribution in [0, 0.1) is 0 Å². The summed E-state index contributed by atoms with van der Waals surface area (Å²) in [5, 5.41) is 2.07. The topological polar surface area (TPSA) is 85.5 Å². The number of esters is 1. The van der Waals surface area contributed by atoms with Crippen molar-refractivity contribution < 1.29 is 14.3 Å². The lowest BCUT2D eigenvalue weighted by atomic mass is 10.3. The van der Waals surface area contributed by atoms with Gasteiger partial charge >= 0.3 is 5.97 Å². The number of anilines is 1. The monoisotopic (exact) mass is 241 g/mol. The van der Waals surface area contributed by atoms with Crippen molar-refractivity contribution in [1.29, 1.82) is 0 Å². The second kappa shape index (κ2) is 4.18. The summed E-state index contributed by atoms with van der Waals surface area (Å²) >= 11 is 1.23. The van der Waals surface area contributed by atoms with Gasteiger partial charge in [0.25, 0.3) is 0 Å². The minimum absolute atomic E-state index is 0.0572. The molecule has 1 aliphatic rings. The zero-order chi connectivity index (χ0) is 11.7. The molecule has 0 radical (unpaired) electrons. The molecule has 1 aromatic heterocycles. The number of carbonyl (C=O) groups excluding carboxylic acids is 2.